The zero-order valence-electron chi connectivity index (χ0n) is 19.6. The van der Waals surface area contributed by atoms with Gasteiger partial charge in [0.15, 0.2) is 0 Å². The van der Waals surface area contributed by atoms with E-state index >= 15 is 0 Å². The second kappa shape index (κ2) is 11.9. The van der Waals surface area contributed by atoms with E-state index in [4.69, 9.17) is 4.74 Å². The van der Waals surface area contributed by atoms with Crippen molar-refractivity contribution in [1.29, 1.82) is 0 Å². The van der Waals surface area contributed by atoms with E-state index in [2.05, 4.69) is 11.4 Å². The van der Waals surface area contributed by atoms with Gasteiger partial charge in [-0.25, -0.2) is 0 Å². The molecule has 5 nitrogen and oxygen atoms in total. The van der Waals surface area contributed by atoms with Gasteiger partial charge >= 0.3 is 0 Å². The van der Waals surface area contributed by atoms with Gasteiger partial charge in [-0.15, -0.1) is 0 Å². The highest BCUT2D eigenvalue weighted by Gasteiger charge is 2.30. The molecular weight excluding hydrogens is 412 g/mol. The van der Waals surface area contributed by atoms with Crippen molar-refractivity contribution in [3.8, 4) is 5.75 Å². The highest BCUT2D eigenvalue weighted by Crippen LogP contribution is 2.18. The second-order valence-corrected chi connectivity index (χ2v) is 8.14. The van der Waals surface area contributed by atoms with Crippen LogP contribution in [0.1, 0.15) is 29.2 Å². The van der Waals surface area contributed by atoms with Gasteiger partial charge in [-0.1, -0.05) is 72.3 Å². The Hall–Kier alpha value is -3.60. The Kier molecular flexibility index (Phi) is 8.64. The van der Waals surface area contributed by atoms with Gasteiger partial charge in [0.05, 0.1) is 13.5 Å². The summed E-state index contributed by atoms with van der Waals surface area (Å²) in [4.78, 5) is 28.5. The quantitative estimate of drug-likeness (QED) is 0.507. The van der Waals surface area contributed by atoms with Gasteiger partial charge in [0.1, 0.15) is 11.8 Å². The maximum absolute atomic E-state index is 13.6. The maximum Gasteiger partial charge on any atom is 0.243 e. The smallest absolute Gasteiger partial charge is 0.243 e. The van der Waals surface area contributed by atoms with Crippen molar-refractivity contribution in [2.45, 2.75) is 39.3 Å². The summed E-state index contributed by atoms with van der Waals surface area (Å²) in [6.45, 7) is 4.79. The lowest BCUT2D eigenvalue weighted by Gasteiger charge is -2.31. The fourth-order valence-electron chi connectivity index (χ4n) is 3.87. The van der Waals surface area contributed by atoms with Gasteiger partial charge in [-0.05, 0) is 42.7 Å². The fraction of sp³-hybridized carbons (Fsp3) is 0.286. The standard InChI is InChI=1S/C28H32N2O3/c1-4-29-28(32)26(18-22-10-6-5-7-11-22)30(20-24-12-8-9-21(2)17-24)27(31)19-23-13-15-25(33-3)16-14-23/h5-17,26H,4,18-20H2,1-3H3,(H,29,32)/t26-/m1/s1. The lowest BCUT2D eigenvalue weighted by atomic mass is 10.0. The topological polar surface area (TPSA) is 58.6 Å². The molecule has 0 aliphatic carbocycles. The molecule has 0 aliphatic rings. The largest absolute Gasteiger partial charge is 0.497 e. The van der Waals surface area contributed by atoms with E-state index in [1.165, 1.54) is 0 Å². The third kappa shape index (κ3) is 6.94. The van der Waals surface area contributed by atoms with Crippen LogP contribution >= 0.6 is 0 Å². The number of amides is 2. The zero-order valence-corrected chi connectivity index (χ0v) is 19.6. The number of carbonyl (C=O) groups is 2. The van der Waals surface area contributed by atoms with Gasteiger partial charge in [-0.3, -0.25) is 9.59 Å². The molecule has 0 saturated carbocycles. The normalized spacial score (nSPS) is 11.5. The summed E-state index contributed by atoms with van der Waals surface area (Å²) in [7, 11) is 1.62. The monoisotopic (exact) mass is 444 g/mol. The van der Waals surface area contributed by atoms with Crippen molar-refractivity contribution in [1.82, 2.24) is 10.2 Å². The SMILES string of the molecule is CCNC(=O)[C@@H](Cc1ccccc1)N(Cc1cccc(C)c1)C(=O)Cc1ccc(OC)cc1. The van der Waals surface area contributed by atoms with Crippen molar-refractivity contribution in [3.63, 3.8) is 0 Å². The number of rotatable bonds is 10. The molecule has 172 valence electrons. The van der Waals surface area contributed by atoms with E-state index in [0.29, 0.717) is 19.5 Å². The Morgan fingerprint density at radius 1 is 0.909 bits per heavy atom. The van der Waals surface area contributed by atoms with Crippen molar-refractivity contribution in [3.05, 3.63) is 101 Å². The van der Waals surface area contributed by atoms with Crippen molar-refractivity contribution < 1.29 is 14.3 Å². The van der Waals surface area contributed by atoms with E-state index in [0.717, 1.165) is 28.0 Å². The van der Waals surface area contributed by atoms with Crippen LogP contribution in [-0.2, 0) is 29.0 Å². The molecule has 2 amide bonds. The van der Waals surface area contributed by atoms with Crippen molar-refractivity contribution in [2.24, 2.45) is 0 Å². The van der Waals surface area contributed by atoms with Crippen LogP contribution in [0.4, 0.5) is 0 Å². The highest BCUT2D eigenvalue weighted by molar-refractivity contribution is 5.88. The van der Waals surface area contributed by atoms with Crippen LogP contribution in [0.2, 0.25) is 0 Å². The number of likely N-dealkylation sites (N-methyl/N-ethyl adjacent to an activating group) is 1. The van der Waals surface area contributed by atoms with Gasteiger partial charge in [0.25, 0.3) is 0 Å². The third-order valence-electron chi connectivity index (χ3n) is 5.57. The van der Waals surface area contributed by atoms with Crippen LogP contribution in [0.15, 0.2) is 78.9 Å². The molecule has 0 fully saturated rings. The number of nitrogens with one attached hydrogen (secondary N) is 1. The molecule has 3 aromatic carbocycles. The van der Waals surface area contributed by atoms with E-state index in [1.807, 2.05) is 86.6 Å². The van der Waals surface area contributed by atoms with Gasteiger partial charge < -0.3 is 15.0 Å². The Bertz CT molecular complexity index is 1050. The first kappa shape index (κ1) is 24.1. The highest BCUT2D eigenvalue weighted by atomic mass is 16.5. The van der Waals surface area contributed by atoms with Crippen LogP contribution in [-0.4, -0.2) is 36.4 Å². The number of benzene rings is 3. The molecule has 0 aromatic heterocycles. The summed E-state index contributed by atoms with van der Waals surface area (Å²) in [6, 6.07) is 24.8. The number of nitrogens with zero attached hydrogens (tertiary/aromatic N) is 1. The number of aryl methyl sites for hydroxylation is 1. The van der Waals surface area contributed by atoms with Crippen molar-refractivity contribution >= 4 is 11.8 Å². The Morgan fingerprint density at radius 3 is 2.24 bits per heavy atom. The average Bonchev–Trinajstić information content (AvgIpc) is 2.82. The lowest BCUT2D eigenvalue weighted by molar-refractivity contribution is -0.140. The molecule has 0 saturated heterocycles. The summed E-state index contributed by atoms with van der Waals surface area (Å²) in [5.74, 6) is 0.512. The van der Waals surface area contributed by atoms with Gasteiger partial charge in [-0.2, -0.15) is 0 Å². The van der Waals surface area contributed by atoms with Gasteiger partial charge in [0.2, 0.25) is 11.8 Å². The molecule has 5 heteroatoms. The molecule has 1 atom stereocenters. The number of ether oxygens (including phenoxy) is 1. The molecule has 1 N–H and O–H groups in total. The van der Waals surface area contributed by atoms with Crippen LogP contribution < -0.4 is 10.1 Å². The molecule has 0 aliphatic heterocycles. The van der Waals surface area contributed by atoms with Crippen LogP contribution in [0.25, 0.3) is 0 Å². The molecule has 3 aromatic rings. The molecule has 0 spiro atoms. The van der Waals surface area contributed by atoms with Crippen LogP contribution in [0, 0.1) is 6.92 Å². The zero-order chi connectivity index (χ0) is 23.6. The molecule has 33 heavy (non-hydrogen) atoms. The van der Waals surface area contributed by atoms with Crippen LogP contribution in [0.3, 0.4) is 0 Å². The first-order valence-electron chi connectivity index (χ1n) is 11.3. The Balaban J connectivity index is 1.93. The summed E-state index contributed by atoms with van der Waals surface area (Å²) in [5.41, 5.74) is 4.01. The third-order valence-corrected chi connectivity index (χ3v) is 5.57. The van der Waals surface area contributed by atoms with E-state index in [9.17, 15) is 9.59 Å². The number of carbonyl (C=O) groups excluding carboxylic acids is 2. The van der Waals surface area contributed by atoms with Gasteiger partial charge in [0, 0.05) is 19.5 Å². The molecule has 0 unspecified atom stereocenters. The van der Waals surface area contributed by atoms with E-state index < -0.39 is 6.04 Å². The molecular formula is C28H32N2O3. The first-order valence-corrected chi connectivity index (χ1v) is 11.3. The Morgan fingerprint density at radius 2 is 1.61 bits per heavy atom. The number of hydrogen-bond acceptors (Lipinski definition) is 3. The molecule has 0 heterocycles. The lowest BCUT2D eigenvalue weighted by Crippen LogP contribution is -2.50. The number of methoxy groups -OCH3 is 1. The summed E-state index contributed by atoms with van der Waals surface area (Å²) in [5, 5.41) is 2.93. The predicted octanol–water partition coefficient (Wildman–Crippen LogP) is 4.32. The average molecular weight is 445 g/mol. The maximum atomic E-state index is 13.6. The molecule has 0 bridgehead atoms. The minimum Gasteiger partial charge on any atom is -0.497 e. The Labute approximate surface area is 196 Å². The second-order valence-electron chi connectivity index (χ2n) is 8.14. The molecule has 3 rings (SSSR count). The van der Waals surface area contributed by atoms with E-state index in [-0.39, 0.29) is 18.2 Å². The number of hydrogen-bond donors (Lipinski definition) is 1. The van der Waals surface area contributed by atoms with Crippen LogP contribution in [0.5, 0.6) is 5.75 Å². The summed E-state index contributed by atoms with van der Waals surface area (Å²) in [6.07, 6.45) is 0.660. The summed E-state index contributed by atoms with van der Waals surface area (Å²) >= 11 is 0. The minimum absolute atomic E-state index is 0.0890. The van der Waals surface area contributed by atoms with E-state index in [1.54, 1.807) is 12.0 Å². The minimum atomic E-state index is -0.612. The predicted molar refractivity (Wildman–Crippen MR) is 131 cm³/mol. The first-order chi connectivity index (χ1) is 16.0. The fourth-order valence-corrected chi connectivity index (χ4v) is 3.87. The summed E-state index contributed by atoms with van der Waals surface area (Å²) < 4.78 is 5.23. The van der Waals surface area contributed by atoms with Crippen molar-refractivity contribution in [2.75, 3.05) is 13.7 Å². The molecule has 0 radical (unpaired) electrons.